The summed E-state index contributed by atoms with van der Waals surface area (Å²) in [6.07, 6.45) is 1.28. The number of halogens is 3. The van der Waals surface area contributed by atoms with Gasteiger partial charge in [-0.05, 0) is 48.1 Å². The predicted octanol–water partition coefficient (Wildman–Crippen LogP) is 3.95. The van der Waals surface area contributed by atoms with Crippen LogP contribution in [-0.4, -0.2) is 41.7 Å². The van der Waals surface area contributed by atoms with Crippen LogP contribution in [0, 0.1) is 0 Å². The summed E-state index contributed by atoms with van der Waals surface area (Å²) in [7, 11) is 1.33. The molecule has 1 aliphatic rings. The van der Waals surface area contributed by atoms with Crippen molar-refractivity contribution in [2.24, 2.45) is 0 Å². The molecule has 0 aromatic heterocycles. The molecule has 8 nitrogen and oxygen atoms in total. The second kappa shape index (κ2) is 9.74. The highest BCUT2D eigenvalue weighted by Crippen LogP contribution is 2.38. The standard InChI is InChI=1S/C20H13Cl3N2O6S/c1-30-14-7-9(6-12(22)17(14)31-8-15(26)27)5-10-18(28)24-20(32)25(19(10)29)13-4-2-3-11(21)16(13)23/h2-7H,8H2,1H3,(H,26,27)(H,24,28,32)/b10-5+. The average Bonchev–Trinajstić information content (AvgIpc) is 2.72. The van der Waals surface area contributed by atoms with Gasteiger partial charge >= 0.3 is 5.97 Å². The Balaban J connectivity index is 2.03. The number of anilines is 1. The van der Waals surface area contributed by atoms with Gasteiger partial charge in [0, 0.05) is 0 Å². The van der Waals surface area contributed by atoms with Crippen LogP contribution in [-0.2, 0) is 14.4 Å². The lowest BCUT2D eigenvalue weighted by molar-refractivity contribution is -0.139. The number of carbonyl (C=O) groups excluding carboxylic acids is 2. The predicted molar refractivity (Wildman–Crippen MR) is 124 cm³/mol. The molecular weight excluding hydrogens is 503 g/mol. The van der Waals surface area contributed by atoms with Crippen LogP contribution in [0.15, 0.2) is 35.9 Å². The first-order valence-corrected chi connectivity index (χ1v) is 10.3. The third-order valence-corrected chi connectivity index (χ3v) is 5.55. The van der Waals surface area contributed by atoms with E-state index in [2.05, 4.69) is 5.32 Å². The van der Waals surface area contributed by atoms with E-state index in [4.69, 9.17) is 61.6 Å². The maximum absolute atomic E-state index is 13.2. The number of hydrogen-bond donors (Lipinski definition) is 2. The number of benzene rings is 2. The van der Waals surface area contributed by atoms with Crippen molar-refractivity contribution < 1.29 is 29.0 Å². The lowest BCUT2D eigenvalue weighted by Gasteiger charge is -2.29. The topological polar surface area (TPSA) is 105 Å². The fourth-order valence-electron chi connectivity index (χ4n) is 2.81. The van der Waals surface area contributed by atoms with E-state index >= 15 is 0 Å². The molecule has 0 saturated carbocycles. The van der Waals surface area contributed by atoms with E-state index in [0.29, 0.717) is 5.56 Å². The number of amides is 2. The fourth-order valence-corrected chi connectivity index (χ4v) is 3.73. The first kappa shape index (κ1) is 23.8. The van der Waals surface area contributed by atoms with Crippen LogP contribution in [0.1, 0.15) is 5.56 Å². The number of hydrogen-bond acceptors (Lipinski definition) is 6. The first-order valence-electron chi connectivity index (χ1n) is 8.71. The molecule has 0 unspecified atom stereocenters. The van der Waals surface area contributed by atoms with Crippen molar-refractivity contribution >= 4 is 81.7 Å². The average molecular weight is 516 g/mol. The number of nitrogens with one attached hydrogen (secondary N) is 1. The number of carboxylic acids is 1. The van der Waals surface area contributed by atoms with Crippen molar-refractivity contribution in [2.75, 3.05) is 18.6 Å². The van der Waals surface area contributed by atoms with Crippen molar-refractivity contribution in [1.29, 1.82) is 0 Å². The zero-order chi connectivity index (χ0) is 23.6. The minimum Gasteiger partial charge on any atom is -0.493 e. The Bertz CT molecular complexity index is 1180. The molecule has 1 aliphatic heterocycles. The molecule has 0 radical (unpaired) electrons. The number of ether oxygens (including phenoxy) is 2. The van der Waals surface area contributed by atoms with E-state index in [1.807, 2.05) is 0 Å². The largest absolute Gasteiger partial charge is 0.493 e. The highest BCUT2D eigenvalue weighted by Gasteiger charge is 2.35. The molecule has 166 valence electrons. The monoisotopic (exact) mass is 514 g/mol. The van der Waals surface area contributed by atoms with Crippen molar-refractivity contribution in [3.8, 4) is 11.5 Å². The van der Waals surface area contributed by atoms with Crippen LogP contribution >= 0.6 is 47.0 Å². The van der Waals surface area contributed by atoms with Gasteiger partial charge in [-0.15, -0.1) is 0 Å². The van der Waals surface area contributed by atoms with Crippen LogP contribution in [0.3, 0.4) is 0 Å². The smallest absolute Gasteiger partial charge is 0.341 e. The van der Waals surface area contributed by atoms with Gasteiger partial charge in [0.1, 0.15) is 5.57 Å². The van der Waals surface area contributed by atoms with Gasteiger partial charge in [-0.3, -0.25) is 19.8 Å². The third kappa shape index (κ3) is 4.81. The third-order valence-electron chi connectivity index (χ3n) is 4.18. The number of carboxylic acid groups (broad SMARTS) is 1. The Hall–Kier alpha value is -2.85. The molecule has 0 aliphatic carbocycles. The molecule has 12 heteroatoms. The van der Waals surface area contributed by atoms with E-state index in [1.54, 1.807) is 12.1 Å². The van der Waals surface area contributed by atoms with Crippen LogP contribution in [0.4, 0.5) is 5.69 Å². The normalized spacial score (nSPS) is 15.1. The summed E-state index contributed by atoms with van der Waals surface area (Å²) in [5.74, 6) is -2.54. The molecule has 32 heavy (non-hydrogen) atoms. The van der Waals surface area contributed by atoms with Crippen LogP contribution < -0.4 is 19.7 Å². The molecule has 1 heterocycles. The lowest BCUT2D eigenvalue weighted by Crippen LogP contribution is -2.54. The molecule has 0 bridgehead atoms. The zero-order valence-electron chi connectivity index (χ0n) is 16.1. The summed E-state index contributed by atoms with van der Waals surface area (Å²) in [4.78, 5) is 37.5. The lowest BCUT2D eigenvalue weighted by atomic mass is 10.1. The molecule has 0 spiro atoms. The van der Waals surface area contributed by atoms with Crippen molar-refractivity contribution in [3.05, 3.63) is 56.5 Å². The minimum atomic E-state index is -1.20. The summed E-state index contributed by atoms with van der Waals surface area (Å²) in [5.41, 5.74) is 0.262. The van der Waals surface area contributed by atoms with Crippen LogP contribution in [0.25, 0.3) is 6.08 Å². The molecular formula is C20H13Cl3N2O6S. The SMILES string of the molecule is COc1cc(/C=C2\C(=O)NC(=S)N(c3cccc(Cl)c3Cl)C2=O)cc(Cl)c1OCC(=O)O. The maximum Gasteiger partial charge on any atom is 0.341 e. The van der Waals surface area contributed by atoms with Crippen molar-refractivity contribution in [2.45, 2.75) is 0 Å². The zero-order valence-corrected chi connectivity index (χ0v) is 19.2. The Kier molecular flexibility index (Phi) is 7.25. The van der Waals surface area contributed by atoms with Gasteiger partial charge in [-0.1, -0.05) is 40.9 Å². The quantitative estimate of drug-likeness (QED) is 0.341. The summed E-state index contributed by atoms with van der Waals surface area (Å²) in [6, 6.07) is 7.48. The number of nitrogens with zero attached hydrogens (tertiary/aromatic N) is 1. The second-order valence-corrected chi connectivity index (χ2v) is 7.83. The molecule has 2 aromatic carbocycles. The highest BCUT2D eigenvalue weighted by atomic mass is 35.5. The van der Waals surface area contributed by atoms with Gasteiger partial charge in [0.25, 0.3) is 11.8 Å². The second-order valence-electron chi connectivity index (χ2n) is 6.25. The van der Waals surface area contributed by atoms with E-state index in [0.717, 1.165) is 4.90 Å². The van der Waals surface area contributed by atoms with E-state index in [9.17, 15) is 14.4 Å². The number of methoxy groups -OCH3 is 1. The highest BCUT2D eigenvalue weighted by molar-refractivity contribution is 7.80. The van der Waals surface area contributed by atoms with E-state index < -0.39 is 24.4 Å². The Morgan fingerprint density at radius 2 is 1.94 bits per heavy atom. The van der Waals surface area contributed by atoms with Gasteiger partial charge < -0.3 is 14.6 Å². The molecule has 0 atom stereocenters. The summed E-state index contributed by atoms with van der Waals surface area (Å²) < 4.78 is 10.3. The van der Waals surface area contributed by atoms with Crippen LogP contribution in [0.5, 0.6) is 11.5 Å². The summed E-state index contributed by atoms with van der Waals surface area (Å²) >= 11 is 23.6. The molecule has 2 N–H and O–H groups in total. The van der Waals surface area contributed by atoms with Gasteiger partial charge in [0.2, 0.25) is 0 Å². The number of aliphatic carboxylic acids is 1. The van der Waals surface area contributed by atoms with Gasteiger partial charge in [-0.2, -0.15) is 0 Å². The Labute approximate surface area is 202 Å². The van der Waals surface area contributed by atoms with Gasteiger partial charge in [0.15, 0.2) is 23.2 Å². The summed E-state index contributed by atoms with van der Waals surface area (Å²) in [6.45, 7) is -0.635. The molecule has 1 saturated heterocycles. The molecule has 1 fully saturated rings. The Morgan fingerprint density at radius 3 is 2.59 bits per heavy atom. The van der Waals surface area contributed by atoms with E-state index in [1.165, 1.54) is 31.4 Å². The maximum atomic E-state index is 13.2. The minimum absolute atomic E-state index is 0.00616. The van der Waals surface area contributed by atoms with Gasteiger partial charge in [-0.25, -0.2) is 4.79 Å². The Morgan fingerprint density at radius 1 is 1.22 bits per heavy atom. The first-order chi connectivity index (χ1) is 15.1. The van der Waals surface area contributed by atoms with Crippen molar-refractivity contribution in [3.63, 3.8) is 0 Å². The summed E-state index contributed by atoms with van der Waals surface area (Å²) in [5, 5.41) is 11.4. The van der Waals surface area contributed by atoms with E-state index in [-0.39, 0.29) is 42.9 Å². The number of thiocarbonyl (C=S) groups is 1. The number of rotatable bonds is 6. The molecule has 2 amide bonds. The van der Waals surface area contributed by atoms with Gasteiger partial charge in [0.05, 0.1) is 27.9 Å². The van der Waals surface area contributed by atoms with Crippen molar-refractivity contribution in [1.82, 2.24) is 5.32 Å². The number of carbonyl (C=O) groups is 3. The molecule has 3 rings (SSSR count). The van der Waals surface area contributed by atoms with Crippen LogP contribution in [0.2, 0.25) is 15.1 Å². The molecule has 2 aromatic rings. The fraction of sp³-hybridized carbons (Fsp3) is 0.100.